The zero-order valence-electron chi connectivity index (χ0n) is 20.1. The molecule has 2 aliphatic heterocycles. The molecule has 3 nitrogen and oxygen atoms in total. The van der Waals surface area contributed by atoms with Crippen molar-refractivity contribution in [1.29, 1.82) is 0 Å². The SMILES string of the molecule is Cl.c1cc(N2CCN(CC3CCC3)CC2)c(C2CCC3(CC2)CC3)cc1N1CCCCC1. The maximum atomic E-state index is 2.75. The van der Waals surface area contributed by atoms with Crippen molar-refractivity contribution >= 4 is 23.8 Å². The van der Waals surface area contributed by atoms with E-state index in [4.69, 9.17) is 0 Å². The number of nitrogens with zero attached hydrogens (tertiary/aromatic N) is 3. The summed E-state index contributed by atoms with van der Waals surface area (Å²) >= 11 is 0. The van der Waals surface area contributed by atoms with Crippen LogP contribution in [0.3, 0.4) is 0 Å². The fourth-order valence-electron chi connectivity index (χ4n) is 6.94. The molecule has 0 amide bonds. The molecule has 5 fully saturated rings. The lowest BCUT2D eigenvalue weighted by Crippen LogP contribution is -2.48. The van der Waals surface area contributed by atoms with E-state index in [0.29, 0.717) is 0 Å². The summed E-state index contributed by atoms with van der Waals surface area (Å²) in [5.74, 6) is 1.79. The van der Waals surface area contributed by atoms with E-state index >= 15 is 0 Å². The number of rotatable bonds is 5. The lowest BCUT2D eigenvalue weighted by atomic mass is 9.76. The summed E-state index contributed by atoms with van der Waals surface area (Å²) in [4.78, 5) is 8.16. The summed E-state index contributed by atoms with van der Waals surface area (Å²) in [6.07, 6.45) is 17.4. The molecule has 6 rings (SSSR count). The maximum Gasteiger partial charge on any atom is 0.0404 e. The van der Waals surface area contributed by atoms with Crippen LogP contribution < -0.4 is 9.80 Å². The average molecular weight is 458 g/mol. The first-order valence-corrected chi connectivity index (χ1v) is 13.6. The molecule has 0 N–H and O–H groups in total. The summed E-state index contributed by atoms with van der Waals surface area (Å²) < 4.78 is 0. The van der Waals surface area contributed by atoms with Crippen molar-refractivity contribution in [3.05, 3.63) is 23.8 Å². The van der Waals surface area contributed by atoms with Gasteiger partial charge in [0.05, 0.1) is 0 Å². The average Bonchev–Trinajstić information content (AvgIpc) is 3.56. The second-order valence-corrected chi connectivity index (χ2v) is 11.6. The Morgan fingerprint density at radius 3 is 2.06 bits per heavy atom. The summed E-state index contributed by atoms with van der Waals surface area (Å²) in [5, 5.41) is 0. The normalized spacial score (nSPS) is 26.6. The Kier molecular flexibility index (Phi) is 6.95. The van der Waals surface area contributed by atoms with Gasteiger partial charge in [0.2, 0.25) is 0 Å². The number of benzene rings is 1. The molecule has 0 radical (unpaired) electrons. The van der Waals surface area contributed by atoms with Crippen molar-refractivity contribution < 1.29 is 0 Å². The van der Waals surface area contributed by atoms with Gasteiger partial charge < -0.3 is 9.80 Å². The summed E-state index contributed by atoms with van der Waals surface area (Å²) in [6, 6.07) is 7.61. The molecule has 1 aromatic carbocycles. The first-order chi connectivity index (χ1) is 15.3. The highest BCUT2D eigenvalue weighted by atomic mass is 35.5. The molecule has 5 aliphatic rings. The Hall–Kier alpha value is -0.930. The highest BCUT2D eigenvalue weighted by molar-refractivity contribution is 5.85. The van der Waals surface area contributed by atoms with Gasteiger partial charge in [0, 0.05) is 57.2 Å². The Balaban J connectivity index is 0.00000216. The fourth-order valence-corrected chi connectivity index (χ4v) is 6.94. The molecule has 3 aliphatic carbocycles. The van der Waals surface area contributed by atoms with Crippen LogP contribution in [0, 0.1) is 11.3 Å². The van der Waals surface area contributed by atoms with Gasteiger partial charge in [0.25, 0.3) is 0 Å². The van der Waals surface area contributed by atoms with Crippen LogP contribution in [0.25, 0.3) is 0 Å². The topological polar surface area (TPSA) is 9.72 Å². The molecule has 1 spiro atoms. The monoisotopic (exact) mass is 457 g/mol. The van der Waals surface area contributed by atoms with Crippen molar-refractivity contribution in [2.75, 3.05) is 55.6 Å². The molecule has 2 saturated heterocycles. The van der Waals surface area contributed by atoms with Crippen LogP contribution in [0.5, 0.6) is 0 Å². The molecule has 3 saturated carbocycles. The Morgan fingerprint density at radius 1 is 0.719 bits per heavy atom. The maximum absolute atomic E-state index is 2.75. The first kappa shape index (κ1) is 22.8. The molecule has 0 aromatic heterocycles. The van der Waals surface area contributed by atoms with Crippen LogP contribution in [-0.4, -0.2) is 50.7 Å². The van der Waals surface area contributed by atoms with E-state index in [9.17, 15) is 0 Å². The Morgan fingerprint density at radius 2 is 1.44 bits per heavy atom. The molecule has 178 valence electrons. The zero-order valence-corrected chi connectivity index (χ0v) is 20.9. The smallest absolute Gasteiger partial charge is 0.0404 e. The van der Waals surface area contributed by atoms with E-state index in [2.05, 4.69) is 32.9 Å². The highest BCUT2D eigenvalue weighted by Crippen LogP contribution is 2.59. The third-order valence-electron chi connectivity index (χ3n) is 9.63. The quantitative estimate of drug-likeness (QED) is 0.502. The highest BCUT2D eigenvalue weighted by Gasteiger charge is 2.45. The van der Waals surface area contributed by atoms with Crippen molar-refractivity contribution in [3.8, 4) is 0 Å². The summed E-state index contributed by atoms with van der Waals surface area (Å²) in [6.45, 7) is 8.84. The van der Waals surface area contributed by atoms with Crippen LogP contribution in [-0.2, 0) is 0 Å². The minimum Gasteiger partial charge on any atom is -0.372 e. The van der Waals surface area contributed by atoms with Crippen LogP contribution in [0.1, 0.15) is 88.5 Å². The van der Waals surface area contributed by atoms with Gasteiger partial charge in [0.1, 0.15) is 0 Å². The van der Waals surface area contributed by atoms with Gasteiger partial charge in [0.15, 0.2) is 0 Å². The second-order valence-electron chi connectivity index (χ2n) is 11.6. The van der Waals surface area contributed by atoms with Gasteiger partial charge in [-0.05, 0) is 112 Å². The van der Waals surface area contributed by atoms with Crippen molar-refractivity contribution in [2.45, 2.75) is 83.0 Å². The number of hydrogen-bond donors (Lipinski definition) is 0. The van der Waals surface area contributed by atoms with E-state index < -0.39 is 0 Å². The number of piperidine rings is 1. The standard InChI is InChI=1S/C28H43N3.ClH/c1-2-15-30(16-3-1)25-7-8-27(26(21-25)24-9-11-28(12-10-24)13-14-28)31-19-17-29(18-20-31)22-23-5-4-6-23;/h7-8,21,23-24H,1-6,9-20,22H2;1H. The molecule has 0 bridgehead atoms. The van der Waals surface area contributed by atoms with E-state index in [1.54, 1.807) is 11.3 Å². The first-order valence-electron chi connectivity index (χ1n) is 13.6. The fraction of sp³-hybridized carbons (Fsp3) is 0.786. The van der Waals surface area contributed by atoms with Gasteiger partial charge in [-0.15, -0.1) is 12.4 Å². The van der Waals surface area contributed by atoms with E-state index in [-0.39, 0.29) is 12.4 Å². The number of hydrogen-bond acceptors (Lipinski definition) is 3. The second kappa shape index (κ2) is 9.74. The predicted molar refractivity (Wildman–Crippen MR) is 139 cm³/mol. The molecule has 0 unspecified atom stereocenters. The van der Waals surface area contributed by atoms with Crippen LogP contribution in [0.4, 0.5) is 11.4 Å². The van der Waals surface area contributed by atoms with Gasteiger partial charge in [-0.3, -0.25) is 4.90 Å². The lowest BCUT2D eigenvalue weighted by molar-refractivity contribution is 0.170. The third kappa shape index (κ3) is 4.80. The van der Waals surface area contributed by atoms with E-state index in [1.165, 1.54) is 129 Å². The zero-order chi connectivity index (χ0) is 20.7. The Labute approximate surface area is 202 Å². The predicted octanol–water partition coefficient (Wildman–Crippen LogP) is 6.46. The summed E-state index contributed by atoms with van der Waals surface area (Å²) in [5.41, 5.74) is 5.58. The minimum atomic E-state index is 0. The van der Waals surface area contributed by atoms with E-state index in [0.717, 1.165) is 17.3 Å². The van der Waals surface area contributed by atoms with Gasteiger partial charge >= 0.3 is 0 Å². The van der Waals surface area contributed by atoms with Crippen LogP contribution in [0.2, 0.25) is 0 Å². The molecule has 32 heavy (non-hydrogen) atoms. The van der Waals surface area contributed by atoms with Gasteiger partial charge in [-0.2, -0.15) is 0 Å². The molecule has 1 aromatic rings. The van der Waals surface area contributed by atoms with Gasteiger partial charge in [-0.1, -0.05) is 6.42 Å². The third-order valence-corrected chi connectivity index (χ3v) is 9.63. The molecular weight excluding hydrogens is 414 g/mol. The molecule has 2 heterocycles. The molecule has 4 heteroatoms. The number of halogens is 1. The van der Waals surface area contributed by atoms with Gasteiger partial charge in [-0.25, -0.2) is 0 Å². The van der Waals surface area contributed by atoms with E-state index in [1.807, 2.05) is 0 Å². The lowest BCUT2D eigenvalue weighted by Gasteiger charge is -2.41. The van der Waals surface area contributed by atoms with Crippen LogP contribution in [0.15, 0.2) is 18.2 Å². The Bertz CT molecular complexity index is 748. The number of anilines is 2. The minimum absolute atomic E-state index is 0. The number of piperazine rings is 1. The largest absolute Gasteiger partial charge is 0.372 e. The summed E-state index contributed by atoms with van der Waals surface area (Å²) in [7, 11) is 0. The van der Waals surface area contributed by atoms with Crippen molar-refractivity contribution in [2.24, 2.45) is 11.3 Å². The van der Waals surface area contributed by atoms with Crippen LogP contribution >= 0.6 is 12.4 Å². The van der Waals surface area contributed by atoms with Crippen molar-refractivity contribution in [3.63, 3.8) is 0 Å². The van der Waals surface area contributed by atoms with Crippen molar-refractivity contribution in [1.82, 2.24) is 4.90 Å². The molecular formula is C28H44ClN3. The molecule has 0 atom stereocenters.